The first kappa shape index (κ1) is 15.5. The molecule has 2 aliphatic heterocycles. The third-order valence-corrected chi connectivity index (χ3v) is 5.75. The van der Waals surface area contributed by atoms with Crippen LogP contribution in [0.15, 0.2) is 42.9 Å². The number of anilines is 1. The van der Waals surface area contributed by atoms with Gasteiger partial charge in [-0.05, 0) is 48.8 Å². The van der Waals surface area contributed by atoms with Gasteiger partial charge in [0.15, 0.2) is 0 Å². The van der Waals surface area contributed by atoms with E-state index in [1.54, 1.807) is 6.20 Å². The van der Waals surface area contributed by atoms with Gasteiger partial charge in [0.25, 0.3) is 0 Å². The molecule has 6 nitrogen and oxygen atoms in total. The van der Waals surface area contributed by atoms with Crippen LogP contribution in [0, 0.1) is 0 Å². The van der Waals surface area contributed by atoms with Crippen LogP contribution >= 0.6 is 0 Å². The van der Waals surface area contributed by atoms with E-state index in [1.807, 2.05) is 24.5 Å². The lowest BCUT2D eigenvalue weighted by molar-refractivity contribution is -0.117. The highest BCUT2D eigenvalue weighted by molar-refractivity contribution is 5.94. The number of benzene rings is 1. The van der Waals surface area contributed by atoms with Crippen LogP contribution in [-0.4, -0.2) is 44.6 Å². The Morgan fingerprint density at radius 2 is 1.88 bits per heavy atom. The van der Waals surface area contributed by atoms with Crippen molar-refractivity contribution in [3.05, 3.63) is 42.9 Å². The summed E-state index contributed by atoms with van der Waals surface area (Å²) >= 11 is 0. The minimum absolute atomic E-state index is 0.0293. The maximum absolute atomic E-state index is 12.5. The van der Waals surface area contributed by atoms with Crippen molar-refractivity contribution in [2.24, 2.45) is 0 Å². The monoisotopic (exact) mass is 347 g/mol. The van der Waals surface area contributed by atoms with E-state index in [2.05, 4.69) is 37.5 Å². The van der Waals surface area contributed by atoms with Gasteiger partial charge in [-0.15, -0.1) is 0 Å². The van der Waals surface area contributed by atoms with Crippen LogP contribution in [0.5, 0.6) is 0 Å². The standard InChI is InChI=1S/C20H21N5O/c26-20(12-25-17-3-4-18(25)6-5-17)24-19-8-15-7-13(16-10-22-23-11-16)1-2-14(15)9-21-19/h1-2,7-11,17-18H,3-6,12H2,(H,22,23)(H,21,24,26). The van der Waals surface area contributed by atoms with E-state index in [1.165, 1.54) is 25.7 Å². The Morgan fingerprint density at radius 1 is 1.08 bits per heavy atom. The Kier molecular flexibility index (Phi) is 3.71. The average Bonchev–Trinajstić information content (AvgIpc) is 3.39. The van der Waals surface area contributed by atoms with Crippen molar-refractivity contribution < 1.29 is 4.79 Å². The number of hydrogen-bond acceptors (Lipinski definition) is 4. The van der Waals surface area contributed by atoms with E-state index in [4.69, 9.17) is 0 Å². The first-order chi connectivity index (χ1) is 12.8. The lowest BCUT2D eigenvalue weighted by Gasteiger charge is -2.20. The third-order valence-electron chi connectivity index (χ3n) is 5.75. The van der Waals surface area contributed by atoms with Gasteiger partial charge in [-0.1, -0.05) is 12.1 Å². The second-order valence-electron chi connectivity index (χ2n) is 7.30. The predicted molar refractivity (Wildman–Crippen MR) is 101 cm³/mol. The van der Waals surface area contributed by atoms with Gasteiger partial charge < -0.3 is 5.32 Å². The van der Waals surface area contributed by atoms with Crippen molar-refractivity contribution in [2.45, 2.75) is 37.8 Å². The summed E-state index contributed by atoms with van der Waals surface area (Å²) in [5.41, 5.74) is 2.13. The molecule has 3 aromatic rings. The molecule has 2 bridgehead atoms. The fourth-order valence-electron chi connectivity index (χ4n) is 4.42. The van der Waals surface area contributed by atoms with E-state index in [-0.39, 0.29) is 5.91 Å². The van der Waals surface area contributed by atoms with Crippen molar-refractivity contribution in [1.29, 1.82) is 0 Å². The summed E-state index contributed by atoms with van der Waals surface area (Å²) in [5.74, 6) is 0.639. The maximum Gasteiger partial charge on any atom is 0.239 e. The molecule has 0 saturated carbocycles. The fraction of sp³-hybridized carbons (Fsp3) is 0.350. The zero-order chi connectivity index (χ0) is 17.5. The van der Waals surface area contributed by atoms with Crippen molar-refractivity contribution in [1.82, 2.24) is 20.1 Å². The van der Waals surface area contributed by atoms with E-state index in [9.17, 15) is 4.79 Å². The summed E-state index contributed by atoms with van der Waals surface area (Å²) in [4.78, 5) is 19.2. The molecule has 132 valence electrons. The Hall–Kier alpha value is -2.73. The van der Waals surface area contributed by atoms with E-state index < -0.39 is 0 Å². The highest BCUT2D eigenvalue weighted by atomic mass is 16.2. The van der Waals surface area contributed by atoms with Crippen LogP contribution in [0.25, 0.3) is 21.9 Å². The van der Waals surface area contributed by atoms with Gasteiger partial charge >= 0.3 is 0 Å². The van der Waals surface area contributed by atoms with E-state index in [0.717, 1.165) is 21.9 Å². The number of aromatic nitrogens is 3. The van der Waals surface area contributed by atoms with Crippen molar-refractivity contribution in [3.8, 4) is 11.1 Å². The zero-order valence-corrected chi connectivity index (χ0v) is 14.5. The molecule has 2 fully saturated rings. The second-order valence-corrected chi connectivity index (χ2v) is 7.30. The number of rotatable bonds is 4. The molecule has 2 saturated heterocycles. The molecular weight excluding hydrogens is 326 g/mol. The lowest BCUT2D eigenvalue weighted by atomic mass is 10.0. The number of carbonyl (C=O) groups is 1. The van der Waals surface area contributed by atoms with Gasteiger partial charge in [-0.2, -0.15) is 5.10 Å². The van der Waals surface area contributed by atoms with E-state index >= 15 is 0 Å². The molecule has 1 amide bonds. The number of pyridine rings is 1. The van der Waals surface area contributed by atoms with Crippen molar-refractivity contribution in [3.63, 3.8) is 0 Å². The molecule has 26 heavy (non-hydrogen) atoms. The van der Waals surface area contributed by atoms with Crippen molar-refractivity contribution in [2.75, 3.05) is 11.9 Å². The average molecular weight is 347 g/mol. The van der Waals surface area contributed by atoms with Gasteiger partial charge in [0.1, 0.15) is 5.82 Å². The first-order valence-corrected chi connectivity index (χ1v) is 9.21. The maximum atomic E-state index is 12.5. The Balaban J connectivity index is 1.34. The Bertz CT molecular complexity index is 932. The molecule has 2 aromatic heterocycles. The van der Waals surface area contributed by atoms with Gasteiger partial charge in [-0.25, -0.2) is 4.98 Å². The summed E-state index contributed by atoms with van der Waals surface area (Å²) in [6.07, 6.45) is 10.4. The van der Waals surface area contributed by atoms with Crippen molar-refractivity contribution >= 4 is 22.5 Å². The highest BCUT2D eigenvalue weighted by Gasteiger charge is 2.39. The number of hydrogen-bond donors (Lipinski definition) is 2. The largest absolute Gasteiger partial charge is 0.310 e. The molecule has 1 aromatic carbocycles. The molecule has 0 aliphatic carbocycles. The molecule has 6 heteroatoms. The quantitative estimate of drug-likeness (QED) is 0.760. The molecule has 2 aliphatic rings. The van der Waals surface area contributed by atoms with Gasteiger partial charge in [-0.3, -0.25) is 14.8 Å². The van der Waals surface area contributed by atoms with Crippen LogP contribution in [0.2, 0.25) is 0 Å². The number of nitrogens with one attached hydrogen (secondary N) is 2. The molecule has 0 radical (unpaired) electrons. The smallest absolute Gasteiger partial charge is 0.239 e. The summed E-state index contributed by atoms with van der Waals surface area (Å²) in [7, 11) is 0. The number of fused-ring (bicyclic) bond motifs is 3. The molecule has 0 unspecified atom stereocenters. The predicted octanol–water partition coefficient (Wildman–Crippen LogP) is 3.19. The SMILES string of the molecule is O=C(CN1C2CCC1CC2)Nc1cc2cc(-c3cn[nH]c3)ccc2cn1. The molecular formula is C20H21N5O. The molecule has 0 atom stereocenters. The molecule has 0 spiro atoms. The highest BCUT2D eigenvalue weighted by Crippen LogP contribution is 2.36. The Labute approximate surface area is 151 Å². The van der Waals surface area contributed by atoms with E-state index in [0.29, 0.717) is 24.4 Å². The van der Waals surface area contributed by atoms with Crippen LogP contribution in [0.1, 0.15) is 25.7 Å². The Morgan fingerprint density at radius 3 is 2.62 bits per heavy atom. The summed E-state index contributed by atoms with van der Waals surface area (Å²) < 4.78 is 0. The van der Waals surface area contributed by atoms with Crippen LogP contribution in [-0.2, 0) is 4.79 Å². The van der Waals surface area contributed by atoms with Gasteiger partial charge in [0.05, 0.1) is 12.7 Å². The van der Waals surface area contributed by atoms with Gasteiger partial charge in [0, 0.05) is 35.4 Å². The lowest BCUT2D eigenvalue weighted by Crippen LogP contribution is -2.36. The number of amides is 1. The van der Waals surface area contributed by atoms with Crippen LogP contribution in [0.4, 0.5) is 5.82 Å². The topological polar surface area (TPSA) is 73.9 Å². The summed E-state index contributed by atoms with van der Waals surface area (Å²) in [5, 5.41) is 11.9. The number of H-pyrrole nitrogens is 1. The number of nitrogens with zero attached hydrogens (tertiary/aromatic N) is 3. The third kappa shape index (κ3) is 2.76. The molecule has 4 heterocycles. The van der Waals surface area contributed by atoms with Crippen LogP contribution in [0.3, 0.4) is 0 Å². The first-order valence-electron chi connectivity index (χ1n) is 9.21. The second kappa shape index (κ2) is 6.21. The minimum Gasteiger partial charge on any atom is -0.310 e. The molecule has 2 N–H and O–H groups in total. The van der Waals surface area contributed by atoms with Gasteiger partial charge in [0.2, 0.25) is 5.91 Å². The summed E-state index contributed by atoms with van der Waals surface area (Å²) in [6.45, 7) is 0.476. The van der Waals surface area contributed by atoms with Crippen LogP contribution < -0.4 is 5.32 Å². The normalized spacial score (nSPS) is 22.2. The summed E-state index contributed by atoms with van der Waals surface area (Å²) in [6, 6.07) is 9.34. The minimum atomic E-state index is 0.0293. The zero-order valence-electron chi connectivity index (χ0n) is 14.5. The fourth-order valence-corrected chi connectivity index (χ4v) is 4.42. The molecule has 5 rings (SSSR count). The number of aromatic amines is 1. The number of carbonyl (C=O) groups excluding carboxylic acids is 1.